The van der Waals surface area contributed by atoms with Gasteiger partial charge in [-0.15, -0.1) is 0 Å². The standard InChI is InChI=1S/C18H19ClN4OS/c1-25(24)12-6-8-23(9-7-12)17-10-13(14(19)11-20-17)18-21-15-4-2-3-5-16(15)22-18/h2-5,10-12H,6-9H2,1H3,(H,21,22). The number of H-pyrrole nitrogens is 1. The van der Waals surface area contributed by atoms with Gasteiger partial charge in [-0.05, 0) is 31.0 Å². The number of imidazole rings is 1. The summed E-state index contributed by atoms with van der Waals surface area (Å²) < 4.78 is 11.7. The lowest BCUT2D eigenvalue weighted by Gasteiger charge is -2.32. The second-order valence-corrected chi connectivity index (χ2v) is 8.38. The van der Waals surface area contributed by atoms with Crippen molar-refractivity contribution in [1.29, 1.82) is 0 Å². The summed E-state index contributed by atoms with van der Waals surface area (Å²) in [7, 11) is -0.753. The molecule has 1 N–H and O–H groups in total. The van der Waals surface area contributed by atoms with Gasteiger partial charge in [-0.25, -0.2) is 9.97 Å². The number of nitrogens with one attached hydrogen (secondary N) is 1. The van der Waals surface area contributed by atoms with Crippen molar-refractivity contribution in [1.82, 2.24) is 15.0 Å². The molecule has 0 amide bonds. The minimum absolute atomic E-state index is 0.290. The maximum atomic E-state index is 11.7. The van der Waals surface area contributed by atoms with E-state index in [9.17, 15) is 4.21 Å². The van der Waals surface area contributed by atoms with E-state index in [1.807, 2.05) is 30.3 Å². The summed E-state index contributed by atoms with van der Waals surface area (Å²) in [5.74, 6) is 1.64. The molecule has 1 aromatic carbocycles. The van der Waals surface area contributed by atoms with Gasteiger partial charge in [0.05, 0.1) is 16.1 Å². The number of hydrogen-bond donors (Lipinski definition) is 1. The molecule has 0 bridgehead atoms. The number of rotatable bonds is 3. The smallest absolute Gasteiger partial charge is 0.140 e. The Bertz CT molecular complexity index is 901. The first-order chi connectivity index (χ1) is 12.1. The van der Waals surface area contributed by atoms with E-state index in [0.717, 1.165) is 54.2 Å². The Morgan fingerprint density at radius 1 is 1.28 bits per heavy atom. The second kappa shape index (κ2) is 6.77. The van der Waals surface area contributed by atoms with Crippen molar-refractivity contribution in [3.05, 3.63) is 41.6 Å². The number of halogens is 1. The van der Waals surface area contributed by atoms with Crippen molar-refractivity contribution >= 4 is 39.3 Å². The molecular formula is C18H19ClN4OS. The molecule has 1 saturated heterocycles. The Labute approximate surface area is 153 Å². The first kappa shape index (κ1) is 16.5. The molecule has 1 fully saturated rings. The minimum Gasteiger partial charge on any atom is -0.357 e. The van der Waals surface area contributed by atoms with Gasteiger partial charge in [-0.2, -0.15) is 0 Å². The SMILES string of the molecule is CS(=O)C1CCN(c2cc(-c3nc4ccccc4[nH]3)c(Cl)cn2)CC1. The molecule has 7 heteroatoms. The summed E-state index contributed by atoms with van der Waals surface area (Å²) in [6.07, 6.45) is 5.32. The summed E-state index contributed by atoms with van der Waals surface area (Å²) in [5.41, 5.74) is 2.75. The summed E-state index contributed by atoms with van der Waals surface area (Å²) in [4.78, 5) is 14.7. The summed E-state index contributed by atoms with van der Waals surface area (Å²) in [6, 6.07) is 9.90. The third kappa shape index (κ3) is 3.28. The Morgan fingerprint density at radius 2 is 2.04 bits per heavy atom. The van der Waals surface area contributed by atoms with Gasteiger partial charge in [0.15, 0.2) is 0 Å². The van der Waals surface area contributed by atoms with Crippen molar-refractivity contribution < 1.29 is 4.21 Å². The van der Waals surface area contributed by atoms with Crippen molar-refractivity contribution in [2.75, 3.05) is 24.2 Å². The average Bonchev–Trinajstić information content (AvgIpc) is 3.06. The number of anilines is 1. The third-order valence-electron chi connectivity index (χ3n) is 4.72. The zero-order valence-corrected chi connectivity index (χ0v) is 15.5. The van der Waals surface area contributed by atoms with E-state index in [0.29, 0.717) is 10.3 Å². The molecule has 1 aliphatic heterocycles. The summed E-state index contributed by atoms with van der Waals surface area (Å²) in [5, 5.41) is 0.866. The normalized spacial score (nSPS) is 17.1. The van der Waals surface area contributed by atoms with Gasteiger partial charge < -0.3 is 9.88 Å². The number of pyridine rings is 1. The van der Waals surface area contributed by atoms with Crippen LogP contribution in [0, 0.1) is 0 Å². The Balaban J connectivity index is 1.64. The maximum Gasteiger partial charge on any atom is 0.140 e. The number of aromatic amines is 1. The lowest BCUT2D eigenvalue weighted by molar-refractivity contribution is 0.569. The summed E-state index contributed by atoms with van der Waals surface area (Å²) >= 11 is 6.38. The molecule has 1 unspecified atom stereocenters. The van der Waals surface area contributed by atoms with Crippen LogP contribution in [0.15, 0.2) is 36.5 Å². The number of piperidine rings is 1. The van der Waals surface area contributed by atoms with Gasteiger partial charge in [-0.1, -0.05) is 23.7 Å². The first-order valence-corrected chi connectivity index (χ1v) is 10.3. The topological polar surface area (TPSA) is 61.9 Å². The zero-order valence-electron chi connectivity index (χ0n) is 13.9. The zero-order chi connectivity index (χ0) is 17.4. The quantitative estimate of drug-likeness (QED) is 0.760. The molecule has 1 atom stereocenters. The molecule has 3 aromatic rings. The van der Waals surface area contributed by atoms with Crippen LogP contribution >= 0.6 is 11.6 Å². The van der Waals surface area contributed by atoms with Crippen LogP contribution in [-0.4, -0.2) is 43.8 Å². The Hall–Kier alpha value is -1.92. The maximum absolute atomic E-state index is 11.7. The van der Waals surface area contributed by atoms with Crippen LogP contribution in [0.1, 0.15) is 12.8 Å². The Kier molecular flexibility index (Phi) is 4.48. The van der Waals surface area contributed by atoms with Crippen molar-refractivity contribution in [3.8, 4) is 11.4 Å². The number of benzene rings is 1. The van der Waals surface area contributed by atoms with Crippen LogP contribution in [-0.2, 0) is 10.8 Å². The van der Waals surface area contributed by atoms with E-state index in [2.05, 4.69) is 19.9 Å². The average molecular weight is 375 g/mol. The highest BCUT2D eigenvalue weighted by molar-refractivity contribution is 7.84. The van der Waals surface area contributed by atoms with E-state index >= 15 is 0 Å². The van der Waals surface area contributed by atoms with E-state index in [1.54, 1.807) is 12.5 Å². The minimum atomic E-state index is -0.753. The second-order valence-electron chi connectivity index (χ2n) is 6.31. The van der Waals surface area contributed by atoms with Gasteiger partial charge in [0, 0.05) is 47.2 Å². The van der Waals surface area contributed by atoms with E-state index < -0.39 is 10.8 Å². The highest BCUT2D eigenvalue weighted by Crippen LogP contribution is 2.31. The molecule has 1 aliphatic rings. The van der Waals surface area contributed by atoms with Gasteiger partial charge >= 0.3 is 0 Å². The number of fused-ring (bicyclic) bond motifs is 1. The van der Waals surface area contributed by atoms with Crippen LogP contribution in [0.25, 0.3) is 22.4 Å². The summed E-state index contributed by atoms with van der Waals surface area (Å²) in [6.45, 7) is 1.72. The molecule has 0 aliphatic carbocycles. The van der Waals surface area contributed by atoms with E-state index in [4.69, 9.17) is 11.6 Å². The monoisotopic (exact) mass is 374 g/mol. The molecule has 3 heterocycles. The number of para-hydroxylation sites is 2. The lowest BCUT2D eigenvalue weighted by Crippen LogP contribution is -2.37. The van der Waals surface area contributed by atoms with Crippen molar-refractivity contribution in [2.45, 2.75) is 18.1 Å². The fourth-order valence-corrected chi connectivity index (χ4v) is 4.35. The molecule has 0 radical (unpaired) electrons. The van der Waals surface area contributed by atoms with Crippen molar-refractivity contribution in [2.24, 2.45) is 0 Å². The van der Waals surface area contributed by atoms with Gasteiger partial charge in [0.1, 0.15) is 11.6 Å². The van der Waals surface area contributed by atoms with Crippen LogP contribution in [0.4, 0.5) is 5.82 Å². The fraction of sp³-hybridized carbons (Fsp3) is 0.333. The van der Waals surface area contributed by atoms with E-state index in [-0.39, 0.29) is 0 Å². The molecule has 2 aromatic heterocycles. The van der Waals surface area contributed by atoms with Crippen LogP contribution in [0.2, 0.25) is 5.02 Å². The largest absolute Gasteiger partial charge is 0.357 e. The Morgan fingerprint density at radius 3 is 2.76 bits per heavy atom. The lowest BCUT2D eigenvalue weighted by atomic mass is 10.1. The fourth-order valence-electron chi connectivity index (χ4n) is 3.28. The number of aromatic nitrogens is 3. The van der Waals surface area contributed by atoms with Gasteiger partial charge in [0.2, 0.25) is 0 Å². The first-order valence-electron chi connectivity index (χ1n) is 8.29. The predicted octanol–water partition coefficient (Wildman–Crippen LogP) is 3.63. The van der Waals surface area contributed by atoms with Crippen molar-refractivity contribution in [3.63, 3.8) is 0 Å². The van der Waals surface area contributed by atoms with Crippen LogP contribution in [0.3, 0.4) is 0 Å². The van der Waals surface area contributed by atoms with Crippen LogP contribution in [0.5, 0.6) is 0 Å². The molecule has 25 heavy (non-hydrogen) atoms. The highest BCUT2D eigenvalue weighted by Gasteiger charge is 2.23. The van der Waals surface area contributed by atoms with Gasteiger partial charge in [-0.3, -0.25) is 4.21 Å². The highest BCUT2D eigenvalue weighted by atomic mass is 35.5. The van der Waals surface area contributed by atoms with Gasteiger partial charge in [0.25, 0.3) is 0 Å². The molecular weight excluding hydrogens is 356 g/mol. The molecule has 0 saturated carbocycles. The third-order valence-corrected chi connectivity index (χ3v) is 6.43. The molecule has 130 valence electrons. The molecule has 5 nitrogen and oxygen atoms in total. The molecule has 4 rings (SSSR count). The van der Waals surface area contributed by atoms with Crippen LogP contribution < -0.4 is 4.90 Å². The molecule has 0 spiro atoms. The predicted molar refractivity (Wildman–Crippen MR) is 104 cm³/mol. The number of nitrogens with zero attached hydrogens (tertiary/aromatic N) is 3. The van der Waals surface area contributed by atoms with E-state index in [1.165, 1.54) is 0 Å². The number of hydrogen-bond acceptors (Lipinski definition) is 4.